The van der Waals surface area contributed by atoms with Crippen LogP contribution in [0.5, 0.6) is 0 Å². The smallest absolute Gasteiger partial charge is 0.147 e. The molecule has 1 aromatic carbocycles. The van der Waals surface area contributed by atoms with E-state index in [2.05, 4.69) is 42.1 Å². The zero-order chi connectivity index (χ0) is 20.9. The Kier molecular flexibility index (Phi) is 7.38. The summed E-state index contributed by atoms with van der Waals surface area (Å²) in [6.45, 7) is 4.83. The van der Waals surface area contributed by atoms with Gasteiger partial charge in [-0.05, 0) is 62.5 Å². The number of methoxy groups -OCH3 is 1. The number of benzene rings is 1. The largest absolute Gasteiger partial charge is 0.382 e. The molecule has 1 fully saturated rings. The third kappa shape index (κ3) is 5.03. The minimum absolute atomic E-state index is 0.0856. The van der Waals surface area contributed by atoms with Crippen LogP contribution in [-0.4, -0.2) is 64.2 Å². The number of ether oxygens (including phenoxy) is 3. The molecule has 0 saturated carbocycles. The van der Waals surface area contributed by atoms with E-state index in [1.165, 1.54) is 46.9 Å². The molecule has 0 N–H and O–H groups in total. The molecule has 1 unspecified atom stereocenters. The minimum Gasteiger partial charge on any atom is -0.382 e. The monoisotopic (exact) mass is 431 g/mol. The van der Waals surface area contributed by atoms with Crippen molar-refractivity contribution in [3.05, 3.63) is 34.3 Å². The van der Waals surface area contributed by atoms with Crippen molar-refractivity contribution >= 4 is 17.0 Å². The summed E-state index contributed by atoms with van der Waals surface area (Å²) in [5.41, 5.74) is 5.08. The molecule has 0 bridgehead atoms. The number of aromatic nitrogens is 1. The third-order valence-electron chi connectivity index (χ3n) is 5.86. The molecule has 164 valence electrons. The molecular formula is C23H33N3O3S. The number of rotatable bonds is 10. The van der Waals surface area contributed by atoms with Crippen LogP contribution in [0.1, 0.15) is 41.5 Å². The summed E-state index contributed by atoms with van der Waals surface area (Å²) in [5, 5.41) is 1.12. The Hall–Kier alpha value is -1.51. The van der Waals surface area contributed by atoms with E-state index < -0.39 is 0 Å². The first-order chi connectivity index (χ1) is 14.7. The Balaban J connectivity index is 1.54. The van der Waals surface area contributed by atoms with E-state index in [0.29, 0.717) is 20.0 Å². The van der Waals surface area contributed by atoms with Crippen LogP contribution in [0, 0.1) is 0 Å². The lowest BCUT2D eigenvalue weighted by Gasteiger charge is -2.31. The molecule has 1 aromatic heterocycles. The van der Waals surface area contributed by atoms with Gasteiger partial charge in [-0.1, -0.05) is 0 Å². The van der Waals surface area contributed by atoms with E-state index in [-0.39, 0.29) is 6.10 Å². The molecule has 1 atom stereocenters. The van der Waals surface area contributed by atoms with Crippen molar-refractivity contribution in [1.29, 1.82) is 0 Å². The van der Waals surface area contributed by atoms with Crippen LogP contribution in [0.2, 0.25) is 0 Å². The van der Waals surface area contributed by atoms with E-state index in [4.69, 9.17) is 19.2 Å². The highest BCUT2D eigenvalue weighted by atomic mass is 32.1. The quantitative estimate of drug-likeness (QED) is 0.417. The van der Waals surface area contributed by atoms with Gasteiger partial charge in [0.15, 0.2) is 0 Å². The van der Waals surface area contributed by atoms with Gasteiger partial charge in [0.2, 0.25) is 0 Å². The zero-order valence-corrected chi connectivity index (χ0v) is 19.2. The van der Waals surface area contributed by atoms with Gasteiger partial charge in [-0.25, -0.2) is 4.98 Å². The summed E-state index contributed by atoms with van der Waals surface area (Å²) in [6, 6.07) is 6.77. The number of anilines is 1. The molecule has 0 spiro atoms. The van der Waals surface area contributed by atoms with Gasteiger partial charge in [0.05, 0.1) is 29.9 Å². The fourth-order valence-corrected chi connectivity index (χ4v) is 5.22. The number of likely N-dealkylation sites (tertiary alicyclic amines) is 1. The van der Waals surface area contributed by atoms with Gasteiger partial charge < -0.3 is 19.1 Å². The Morgan fingerprint density at radius 3 is 2.80 bits per heavy atom. The maximum atomic E-state index is 6.05. The summed E-state index contributed by atoms with van der Waals surface area (Å²) < 4.78 is 16.6. The lowest BCUT2D eigenvalue weighted by Crippen LogP contribution is -2.36. The summed E-state index contributed by atoms with van der Waals surface area (Å²) in [4.78, 5) is 11.0. The first kappa shape index (κ1) is 21.7. The van der Waals surface area contributed by atoms with Gasteiger partial charge in [-0.2, -0.15) is 0 Å². The SMILES string of the molecule is COCCOCOC1CCCc2nc(-c3ccc(N(C)C)cc3CN3CCC3)sc21. The standard InChI is InChI=1S/C23H33N3O3S/c1-25(2)18-8-9-19(17(14-18)15-26-10-5-11-26)23-24-20-6-4-7-21(22(20)30-23)29-16-28-13-12-27-3/h8-9,14,21H,4-7,10-13,15-16H2,1-3H3. The van der Waals surface area contributed by atoms with Gasteiger partial charge in [0.25, 0.3) is 0 Å². The van der Waals surface area contributed by atoms with Crippen molar-refractivity contribution < 1.29 is 14.2 Å². The van der Waals surface area contributed by atoms with E-state index in [1.807, 2.05) is 0 Å². The number of hydrogen-bond donors (Lipinski definition) is 0. The third-order valence-corrected chi connectivity index (χ3v) is 7.09. The van der Waals surface area contributed by atoms with Crippen molar-refractivity contribution in [3.63, 3.8) is 0 Å². The lowest BCUT2D eigenvalue weighted by atomic mass is 10.00. The Morgan fingerprint density at radius 1 is 1.20 bits per heavy atom. The second-order valence-electron chi connectivity index (χ2n) is 8.26. The second kappa shape index (κ2) is 10.2. The van der Waals surface area contributed by atoms with Gasteiger partial charge in [0.1, 0.15) is 11.8 Å². The summed E-state index contributed by atoms with van der Waals surface area (Å²) >= 11 is 1.80. The van der Waals surface area contributed by atoms with E-state index in [0.717, 1.165) is 30.8 Å². The van der Waals surface area contributed by atoms with Crippen LogP contribution in [-0.2, 0) is 27.2 Å². The molecule has 2 heterocycles. The average Bonchev–Trinajstić information content (AvgIpc) is 3.15. The van der Waals surface area contributed by atoms with Crippen molar-refractivity contribution in [3.8, 4) is 10.6 Å². The number of thiazole rings is 1. The molecular weight excluding hydrogens is 398 g/mol. The fraction of sp³-hybridized carbons (Fsp3) is 0.609. The lowest BCUT2D eigenvalue weighted by molar-refractivity contribution is -0.102. The zero-order valence-electron chi connectivity index (χ0n) is 18.4. The van der Waals surface area contributed by atoms with Crippen LogP contribution in [0.4, 0.5) is 5.69 Å². The molecule has 0 amide bonds. The molecule has 1 aliphatic heterocycles. The second-order valence-corrected chi connectivity index (χ2v) is 9.29. The molecule has 1 aliphatic carbocycles. The van der Waals surface area contributed by atoms with E-state index >= 15 is 0 Å². The predicted octanol–water partition coefficient (Wildman–Crippen LogP) is 4.10. The van der Waals surface area contributed by atoms with Crippen LogP contribution in [0.3, 0.4) is 0 Å². The van der Waals surface area contributed by atoms with Crippen LogP contribution in [0.25, 0.3) is 10.6 Å². The molecule has 2 aliphatic rings. The summed E-state index contributed by atoms with van der Waals surface area (Å²) in [7, 11) is 5.88. The maximum Gasteiger partial charge on any atom is 0.147 e. The van der Waals surface area contributed by atoms with E-state index in [1.54, 1.807) is 18.4 Å². The molecule has 2 aromatic rings. The predicted molar refractivity (Wildman–Crippen MR) is 121 cm³/mol. The highest BCUT2D eigenvalue weighted by molar-refractivity contribution is 7.15. The Labute approximate surface area is 183 Å². The van der Waals surface area contributed by atoms with Crippen LogP contribution < -0.4 is 4.90 Å². The number of fused-ring (bicyclic) bond motifs is 1. The molecule has 6 nitrogen and oxygen atoms in total. The van der Waals surface area contributed by atoms with Gasteiger partial charge in [-0.3, -0.25) is 4.90 Å². The normalized spacial score (nSPS) is 18.8. The molecule has 1 saturated heterocycles. The van der Waals surface area contributed by atoms with Gasteiger partial charge in [0, 0.05) is 39.0 Å². The molecule has 4 rings (SSSR count). The highest BCUT2D eigenvalue weighted by Gasteiger charge is 2.27. The first-order valence-electron chi connectivity index (χ1n) is 10.9. The van der Waals surface area contributed by atoms with Crippen molar-refractivity contribution in [2.75, 3.05) is 59.2 Å². The van der Waals surface area contributed by atoms with Crippen LogP contribution in [0.15, 0.2) is 18.2 Å². The van der Waals surface area contributed by atoms with Crippen molar-refractivity contribution in [2.45, 2.75) is 38.3 Å². The van der Waals surface area contributed by atoms with Crippen LogP contribution >= 0.6 is 11.3 Å². The van der Waals surface area contributed by atoms with Crippen molar-refractivity contribution in [1.82, 2.24) is 9.88 Å². The van der Waals surface area contributed by atoms with Gasteiger partial charge in [-0.15, -0.1) is 11.3 Å². The fourth-order valence-electron chi connectivity index (χ4n) is 3.96. The minimum atomic E-state index is 0.0856. The Bertz CT molecular complexity index is 835. The number of nitrogens with zero attached hydrogens (tertiary/aromatic N) is 3. The Morgan fingerprint density at radius 2 is 2.07 bits per heavy atom. The number of aryl methyl sites for hydroxylation is 1. The number of hydrogen-bond acceptors (Lipinski definition) is 7. The summed E-state index contributed by atoms with van der Waals surface area (Å²) in [6.07, 6.45) is 4.57. The van der Waals surface area contributed by atoms with Crippen molar-refractivity contribution in [2.24, 2.45) is 0 Å². The topological polar surface area (TPSA) is 47.1 Å². The highest BCUT2D eigenvalue weighted by Crippen LogP contribution is 2.41. The first-order valence-corrected chi connectivity index (χ1v) is 11.7. The molecule has 0 radical (unpaired) electrons. The average molecular weight is 432 g/mol. The van der Waals surface area contributed by atoms with E-state index in [9.17, 15) is 0 Å². The molecule has 7 heteroatoms. The summed E-state index contributed by atoms with van der Waals surface area (Å²) in [5.74, 6) is 0. The molecule has 30 heavy (non-hydrogen) atoms. The maximum absolute atomic E-state index is 6.05. The van der Waals surface area contributed by atoms with Gasteiger partial charge >= 0.3 is 0 Å².